The van der Waals surface area contributed by atoms with Crippen molar-refractivity contribution in [1.82, 2.24) is 9.78 Å². The first-order valence-corrected chi connectivity index (χ1v) is 6.89. The maximum atomic E-state index is 11.8. The number of ether oxygens (including phenoxy) is 1. The number of hydrogen-bond acceptors (Lipinski definition) is 4. The molecule has 1 N–H and O–H groups in total. The van der Waals surface area contributed by atoms with Gasteiger partial charge in [-0.05, 0) is 26.3 Å². The normalized spacial score (nSPS) is 10.8. The van der Waals surface area contributed by atoms with E-state index in [-0.39, 0.29) is 5.82 Å². The Balaban J connectivity index is 2.12. The van der Waals surface area contributed by atoms with Gasteiger partial charge in [-0.2, -0.15) is 10.4 Å². The van der Waals surface area contributed by atoms with Crippen molar-refractivity contribution in [3.63, 3.8) is 0 Å². The van der Waals surface area contributed by atoms with Gasteiger partial charge in [-0.25, -0.2) is 4.79 Å². The SMILES string of the molecule is CC(C)(C)OC(=O)Nc1nn(Cc2ccccc2)cc1C#N. The minimum atomic E-state index is -0.631. The number of hydrogen-bond donors (Lipinski definition) is 1. The highest BCUT2D eigenvalue weighted by atomic mass is 16.6. The van der Waals surface area contributed by atoms with E-state index in [2.05, 4.69) is 10.4 Å². The van der Waals surface area contributed by atoms with Crippen molar-refractivity contribution in [1.29, 1.82) is 5.26 Å². The predicted octanol–water partition coefficient (Wildman–Crippen LogP) is 3.15. The molecule has 6 nitrogen and oxygen atoms in total. The third-order valence-electron chi connectivity index (χ3n) is 2.69. The summed E-state index contributed by atoms with van der Waals surface area (Å²) in [6.07, 6.45) is 0.966. The second-order valence-corrected chi connectivity index (χ2v) is 5.81. The Morgan fingerprint density at radius 3 is 2.64 bits per heavy atom. The number of aromatic nitrogens is 2. The van der Waals surface area contributed by atoms with Crippen molar-refractivity contribution in [2.75, 3.05) is 5.32 Å². The van der Waals surface area contributed by atoms with Gasteiger partial charge in [0.1, 0.15) is 17.2 Å². The Labute approximate surface area is 129 Å². The number of nitriles is 1. The van der Waals surface area contributed by atoms with Crippen LogP contribution in [0.4, 0.5) is 10.6 Å². The largest absolute Gasteiger partial charge is 0.444 e. The van der Waals surface area contributed by atoms with Crippen LogP contribution in [0.15, 0.2) is 36.5 Å². The van der Waals surface area contributed by atoms with Gasteiger partial charge in [-0.1, -0.05) is 30.3 Å². The van der Waals surface area contributed by atoms with Crippen molar-refractivity contribution in [2.24, 2.45) is 0 Å². The summed E-state index contributed by atoms with van der Waals surface area (Å²) in [5.74, 6) is 0.202. The van der Waals surface area contributed by atoms with E-state index in [1.165, 1.54) is 0 Å². The molecule has 1 aromatic carbocycles. The predicted molar refractivity (Wildman–Crippen MR) is 82.3 cm³/mol. The van der Waals surface area contributed by atoms with E-state index in [4.69, 9.17) is 10.00 Å². The summed E-state index contributed by atoms with van der Waals surface area (Å²) in [6, 6.07) is 11.8. The first-order chi connectivity index (χ1) is 10.4. The summed E-state index contributed by atoms with van der Waals surface area (Å²) < 4.78 is 6.77. The molecule has 0 radical (unpaired) electrons. The average Bonchev–Trinajstić information content (AvgIpc) is 2.79. The van der Waals surface area contributed by atoms with Crippen LogP contribution in [0.25, 0.3) is 0 Å². The molecule has 0 atom stereocenters. The van der Waals surface area contributed by atoms with E-state index in [9.17, 15) is 4.79 Å². The highest BCUT2D eigenvalue weighted by molar-refractivity contribution is 5.85. The molecule has 2 rings (SSSR count). The molecule has 0 bridgehead atoms. The Morgan fingerprint density at radius 2 is 2.05 bits per heavy atom. The Morgan fingerprint density at radius 1 is 1.36 bits per heavy atom. The molecular formula is C16H18N4O2. The van der Waals surface area contributed by atoms with Gasteiger partial charge in [-0.15, -0.1) is 0 Å². The van der Waals surface area contributed by atoms with E-state index in [1.54, 1.807) is 31.6 Å². The molecule has 1 aromatic heterocycles. The maximum Gasteiger partial charge on any atom is 0.413 e. The van der Waals surface area contributed by atoms with Crippen LogP contribution in [0.1, 0.15) is 31.9 Å². The zero-order valence-electron chi connectivity index (χ0n) is 12.8. The fraction of sp³-hybridized carbons (Fsp3) is 0.312. The average molecular weight is 298 g/mol. The van der Waals surface area contributed by atoms with Crippen molar-refractivity contribution in [3.8, 4) is 6.07 Å². The smallest absolute Gasteiger partial charge is 0.413 e. The van der Waals surface area contributed by atoms with Crippen LogP contribution in [0.2, 0.25) is 0 Å². The standard InChI is InChI=1S/C16H18N4O2/c1-16(2,3)22-15(21)18-14-13(9-17)11-20(19-14)10-12-7-5-4-6-8-12/h4-8,11H,10H2,1-3H3,(H,18,19,21). The van der Waals surface area contributed by atoms with Gasteiger partial charge in [0.2, 0.25) is 0 Å². The Kier molecular flexibility index (Phi) is 4.47. The summed E-state index contributed by atoms with van der Waals surface area (Å²) in [6.45, 7) is 5.83. The van der Waals surface area contributed by atoms with Gasteiger partial charge >= 0.3 is 6.09 Å². The molecule has 2 aromatic rings. The zero-order valence-corrected chi connectivity index (χ0v) is 12.8. The molecule has 1 heterocycles. The van der Waals surface area contributed by atoms with Crippen molar-refractivity contribution >= 4 is 11.9 Å². The third-order valence-corrected chi connectivity index (χ3v) is 2.69. The lowest BCUT2D eigenvalue weighted by Gasteiger charge is -2.19. The molecule has 0 saturated carbocycles. The van der Waals surface area contributed by atoms with Crippen LogP contribution >= 0.6 is 0 Å². The molecular weight excluding hydrogens is 280 g/mol. The molecule has 0 fully saturated rings. The van der Waals surface area contributed by atoms with Crippen LogP contribution in [-0.2, 0) is 11.3 Å². The number of nitrogens with zero attached hydrogens (tertiary/aromatic N) is 3. The van der Waals surface area contributed by atoms with E-state index in [0.29, 0.717) is 12.1 Å². The monoisotopic (exact) mass is 298 g/mol. The van der Waals surface area contributed by atoms with E-state index in [1.807, 2.05) is 36.4 Å². The van der Waals surface area contributed by atoms with Crippen LogP contribution in [0, 0.1) is 11.3 Å². The lowest BCUT2D eigenvalue weighted by atomic mass is 10.2. The van der Waals surface area contributed by atoms with Crippen molar-refractivity contribution in [3.05, 3.63) is 47.7 Å². The Bertz CT molecular complexity index is 693. The number of anilines is 1. The first kappa shape index (κ1) is 15.6. The van der Waals surface area contributed by atoms with Gasteiger partial charge in [0.25, 0.3) is 0 Å². The van der Waals surface area contributed by atoms with Gasteiger partial charge in [-0.3, -0.25) is 10.00 Å². The molecule has 6 heteroatoms. The van der Waals surface area contributed by atoms with Crippen molar-refractivity contribution < 1.29 is 9.53 Å². The highest BCUT2D eigenvalue weighted by Gasteiger charge is 2.19. The van der Waals surface area contributed by atoms with Crippen molar-refractivity contribution in [2.45, 2.75) is 32.9 Å². The summed E-state index contributed by atoms with van der Waals surface area (Å²) in [5, 5.41) is 15.9. The second kappa shape index (κ2) is 6.31. The van der Waals surface area contributed by atoms with E-state index >= 15 is 0 Å². The van der Waals surface area contributed by atoms with E-state index in [0.717, 1.165) is 5.56 Å². The van der Waals surface area contributed by atoms with Gasteiger partial charge in [0.05, 0.1) is 6.54 Å². The van der Waals surface area contributed by atoms with Gasteiger partial charge in [0, 0.05) is 6.20 Å². The number of rotatable bonds is 3. The number of nitrogens with one attached hydrogen (secondary N) is 1. The highest BCUT2D eigenvalue weighted by Crippen LogP contribution is 2.15. The molecule has 0 aliphatic heterocycles. The number of carbonyl (C=O) groups is 1. The minimum absolute atomic E-state index is 0.202. The summed E-state index contributed by atoms with van der Waals surface area (Å²) in [5.41, 5.74) is 0.740. The fourth-order valence-electron chi connectivity index (χ4n) is 1.85. The lowest BCUT2D eigenvalue weighted by molar-refractivity contribution is 0.0635. The molecule has 1 amide bonds. The van der Waals surface area contributed by atoms with Gasteiger partial charge in [0.15, 0.2) is 5.82 Å². The van der Waals surface area contributed by atoms with Gasteiger partial charge < -0.3 is 4.74 Å². The molecule has 0 saturated heterocycles. The minimum Gasteiger partial charge on any atom is -0.444 e. The molecule has 0 aliphatic rings. The van der Waals surface area contributed by atoms with E-state index < -0.39 is 11.7 Å². The number of benzene rings is 1. The first-order valence-electron chi connectivity index (χ1n) is 6.89. The van der Waals surface area contributed by atoms with Crippen LogP contribution in [0.3, 0.4) is 0 Å². The number of carbonyl (C=O) groups excluding carboxylic acids is 1. The molecule has 0 aliphatic carbocycles. The third kappa shape index (κ3) is 4.35. The summed E-state index contributed by atoms with van der Waals surface area (Å²) >= 11 is 0. The Hall–Kier alpha value is -2.81. The summed E-state index contributed by atoms with van der Waals surface area (Å²) in [4.78, 5) is 11.8. The van der Waals surface area contributed by atoms with Crippen LogP contribution < -0.4 is 5.32 Å². The quantitative estimate of drug-likeness (QED) is 0.944. The second-order valence-electron chi connectivity index (χ2n) is 5.81. The zero-order chi connectivity index (χ0) is 16.2. The lowest BCUT2D eigenvalue weighted by Crippen LogP contribution is -2.27. The fourth-order valence-corrected chi connectivity index (χ4v) is 1.85. The molecule has 22 heavy (non-hydrogen) atoms. The van der Waals surface area contributed by atoms with Crippen LogP contribution in [-0.4, -0.2) is 21.5 Å². The maximum absolute atomic E-state index is 11.8. The molecule has 0 unspecified atom stereocenters. The molecule has 114 valence electrons. The summed E-state index contributed by atoms with van der Waals surface area (Å²) in [7, 11) is 0. The topological polar surface area (TPSA) is 79.9 Å². The number of amides is 1. The van der Waals surface area contributed by atoms with Crippen LogP contribution in [0.5, 0.6) is 0 Å². The molecule has 0 spiro atoms.